The molecule has 0 radical (unpaired) electrons. The van der Waals surface area contributed by atoms with Crippen molar-refractivity contribution in [2.75, 3.05) is 12.3 Å². The molecular formula is C19H20Cl3NO2S. The Bertz CT molecular complexity index is 742. The molecule has 0 saturated carbocycles. The van der Waals surface area contributed by atoms with Gasteiger partial charge in [-0.1, -0.05) is 59.9 Å². The number of para-hydroxylation sites is 1. The molecule has 0 aliphatic carbocycles. The van der Waals surface area contributed by atoms with Crippen LogP contribution >= 0.6 is 46.6 Å². The van der Waals surface area contributed by atoms with E-state index in [0.717, 1.165) is 17.1 Å². The average molecular weight is 433 g/mol. The fraction of sp³-hybridized carbons (Fsp3) is 0.316. The molecule has 0 aromatic heterocycles. The molecule has 2 aromatic carbocycles. The Morgan fingerprint density at radius 2 is 1.92 bits per heavy atom. The summed E-state index contributed by atoms with van der Waals surface area (Å²) < 4.78 is 5.73. The van der Waals surface area contributed by atoms with Crippen LogP contribution in [0.4, 0.5) is 0 Å². The lowest BCUT2D eigenvalue weighted by Crippen LogP contribution is -2.39. The summed E-state index contributed by atoms with van der Waals surface area (Å²) in [5, 5.41) is 4.68. The molecule has 2 rings (SSSR count). The zero-order chi connectivity index (χ0) is 18.9. The molecule has 1 N–H and O–H groups in total. The summed E-state index contributed by atoms with van der Waals surface area (Å²) in [5.74, 6) is 1.91. The van der Waals surface area contributed by atoms with Gasteiger partial charge in [-0.15, -0.1) is 0 Å². The molecule has 7 heteroatoms. The van der Waals surface area contributed by atoms with E-state index in [1.807, 2.05) is 31.2 Å². The number of amides is 1. The number of halogens is 3. The van der Waals surface area contributed by atoms with E-state index >= 15 is 0 Å². The molecule has 0 saturated heterocycles. The molecule has 1 atom stereocenters. The van der Waals surface area contributed by atoms with Gasteiger partial charge in [0.15, 0.2) is 6.10 Å². The summed E-state index contributed by atoms with van der Waals surface area (Å²) in [6, 6.07) is 12.6. The first-order valence-electron chi connectivity index (χ1n) is 8.21. The molecule has 0 unspecified atom stereocenters. The normalized spacial score (nSPS) is 11.8. The fourth-order valence-electron chi connectivity index (χ4n) is 2.20. The predicted molar refractivity (Wildman–Crippen MR) is 112 cm³/mol. The van der Waals surface area contributed by atoms with Crippen LogP contribution in [0.15, 0.2) is 42.5 Å². The maximum absolute atomic E-state index is 12.3. The Morgan fingerprint density at radius 3 is 2.62 bits per heavy atom. The van der Waals surface area contributed by atoms with Crippen molar-refractivity contribution < 1.29 is 9.53 Å². The minimum absolute atomic E-state index is 0.141. The van der Waals surface area contributed by atoms with E-state index < -0.39 is 6.10 Å². The van der Waals surface area contributed by atoms with Gasteiger partial charge in [0.25, 0.3) is 5.91 Å². The molecule has 3 nitrogen and oxygen atoms in total. The number of hydrogen-bond donors (Lipinski definition) is 1. The summed E-state index contributed by atoms with van der Waals surface area (Å²) in [6.45, 7) is 2.45. The van der Waals surface area contributed by atoms with Crippen molar-refractivity contribution in [2.45, 2.75) is 25.2 Å². The van der Waals surface area contributed by atoms with Crippen LogP contribution in [0.5, 0.6) is 5.75 Å². The Labute approximate surface area is 173 Å². The second-order valence-electron chi connectivity index (χ2n) is 5.52. The van der Waals surface area contributed by atoms with Crippen molar-refractivity contribution in [2.24, 2.45) is 0 Å². The highest BCUT2D eigenvalue weighted by Gasteiger charge is 2.18. The first-order chi connectivity index (χ1) is 12.5. The van der Waals surface area contributed by atoms with Crippen molar-refractivity contribution in [3.63, 3.8) is 0 Å². The molecule has 0 heterocycles. The van der Waals surface area contributed by atoms with Gasteiger partial charge in [-0.2, -0.15) is 11.8 Å². The molecule has 0 fully saturated rings. The zero-order valence-electron chi connectivity index (χ0n) is 14.3. The predicted octanol–water partition coefficient (Wildman–Crippen LogP) is 5.85. The van der Waals surface area contributed by atoms with Gasteiger partial charge in [-0.25, -0.2) is 0 Å². The summed E-state index contributed by atoms with van der Waals surface area (Å²) in [5.41, 5.74) is 1.03. The highest BCUT2D eigenvalue weighted by atomic mass is 35.5. The van der Waals surface area contributed by atoms with Crippen molar-refractivity contribution in [3.8, 4) is 5.75 Å². The van der Waals surface area contributed by atoms with E-state index in [1.54, 1.807) is 30.0 Å². The number of rotatable bonds is 9. The molecule has 140 valence electrons. The standard InChI is InChI=1S/C19H20Cl3NO2S/c1-2-17(25-18-6-4-3-5-15(18)21)19(24)23-9-10-26-12-13-7-8-14(20)11-16(13)22/h3-8,11,17H,2,9-10,12H2,1H3,(H,23,24)/t17-/m0/s1. The largest absolute Gasteiger partial charge is 0.479 e. The summed E-state index contributed by atoms with van der Waals surface area (Å²) in [6.07, 6.45) is -0.00415. The van der Waals surface area contributed by atoms with Crippen LogP contribution in [0.25, 0.3) is 0 Å². The maximum Gasteiger partial charge on any atom is 0.261 e. The third-order valence-electron chi connectivity index (χ3n) is 3.59. The van der Waals surface area contributed by atoms with E-state index in [-0.39, 0.29) is 5.91 Å². The third-order valence-corrected chi connectivity index (χ3v) is 5.49. The smallest absolute Gasteiger partial charge is 0.261 e. The molecule has 26 heavy (non-hydrogen) atoms. The van der Waals surface area contributed by atoms with E-state index in [1.165, 1.54) is 0 Å². The van der Waals surface area contributed by atoms with E-state index in [9.17, 15) is 4.79 Å². The van der Waals surface area contributed by atoms with Crippen LogP contribution in [-0.2, 0) is 10.5 Å². The van der Waals surface area contributed by atoms with Crippen LogP contribution in [0.1, 0.15) is 18.9 Å². The Morgan fingerprint density at radius 1 is 1.15 bits per heavy atom. The number of hydrogen-bond acceptors (Lipinski definition) is 3. The molecule has 0 aliphatic rings. The number of benzene rings is 2. The van der Waals surface area contributed by atoms with Crippen molar-refractivity contribution in [1.82, 2.24) is 5.32 Å². The molecule has 0 bridgehead atoms. The number of ether oxygens (including phenoxy) is 1. The summed E-state index contributed by atoms with van der Waals surface area (Å²) in [7, 11) is 0. The first-order valence-corrected chi connectivity index (χ1v) is 10.5. The first kappa shape index (κ1) is 21.2. The van der Waals surface area contributed by atoms with Gasteiger partial charge in [-0.05, 0) is 36.2 Å². The highest BCUT2D eigenvalue weighted by molar-refractivity contribution is 7.98. The van der Waals surface area contributed by atoms with Gasteiger partial charge < -0.3 is 10.1 Å². The topological polar surface area (TPSA) is 38.3 Å². The Kier molecular flexibility index (Phi) is 8.93. The highest BCUT2D eigenvalue weighted by Crippen LogP contribution is 2.25. The quantitative estimate of drug-likeness (QED) is 0.505. The van der Waals surface area contributed by atoms with Crippen LogP contribution in [0, 0.1) is 0 Å². The average Bonchev–Trinajstić information content (AvgIpc) is 2.62. The van der Waals surface area contributed by atoms with Gasteiger partial charge in [0.1, 0.15) is 5.75 Å². The van der Waals surface area contributed by atoms with Crippen molar-refractivity contribution in [3.05, 3.63) is 63.1 Å². The van der Waals surface area contributed by atoms with Crippen molar-refractivity contribution >= 4 is 52.5 Å². The second kappa shape index (κ2) is 10.9. The summed E-state index contributed by atoms with van der Waals surface area (Å²) in [4.78, 5) is 12.3. The van der Waals surface area contributed by atoms with Crippen molar-refractivity contribution in [1.29, 1.82) is 0 Å². The molecule has 0 spiro atoms. The van der Waals surface area contributed by atoms with E-state index in [0.29, 0.717) is 33.8 Å². The number of carbonyl (C=O) groups is 1. The lowest BCUT2D eigenvalue weighted by atomic mass is 10.2. The minimum atomic E-state index is -0.564. The second-order valence-corrected chi connectivity index (χ2v) is 7.88. The number of nitrogens with one attached hydrogen (secondary N) is 1. The van der Waals surface area contributed by atoms with Gasteiger partial charge in [-0.3, -0.25) is 4.79 Å². The molecule has 0 aliphatic heterocycles. The molecule has 1 amide bonds. The third kappa shape index (κ3) is 6.58. The maximum atomic E-state index is 12.3. The lowest BCUT2D eigenvalue weighted by Gasteiger charge is -2.18. The zero-order valence-corrected chi connectivity index (χ0v) is 17.4. The van der Waals surface area contributed by atoms with E-state index in [2.05, 4.69) is 5.32 Å². The SMILES string of the molecule is CC[C@H](Oc1ccccc1Cl)C(=O)NCCSCc1ccc(Cl)cc1Cl. The Hall–Kier alpha value is -1.07. The van der Waals surface area contributed by atoms with Gasteiger partial charge in [0.2, 0.25) is 0 Å². The van der Waals surface area contributed by atoms with Gasteiger partial charge >= 0.3 is 0 Å². The number of carbonyl (C=O) groups excluding carboxylic acids is 1. The van der Waals surface area contributed by atoms with Crippen LogP contribution in [-0.4, -0.2) is 24.3 Å². The minimum Gasteiger partial charge on any atom is -0.479 e. The van der Waals surface area contributed by atoms with E-state index in [4.69, 9.17) is 39.5 Å². The monoisotopic (exact) mass is 431 g/mol. The molecule has 2 aromatic rings. The summed E-state index contributed by atoms with van der Waals surface area (Å²) >= 11 is 19.8. The molecular weight excluding hydrogens is 413 g/mol. The van der Waals surface area contributed by atoms with Crippen LogP contribution < -0.4 is 10.1 Å². The number of thioether (sulfide) groups is 1. The van der Waals surface area contributed by atoms with Gasteiger partial charge in [0.05, 0.1) is 5.02 Å². The van der Waals surface area contributed by atoms with Crippen LogP contribution in [0.3, 0.4) is 0 Å². The fourth-order valence-corrected chi connectivity index (χ4v) is 3.79. The van der Waals surface area contributed by atoms with Gasteiger partial charge in [0, 0.05) is 28.1 Å². The Balaban J connectivity index is 1.74. The van der Waals surface area contributed by atoms with Crippen LogP contribution in [0.2, 0.25) is 15.1 Å². The lowest BCUT2D eigenvalue weighted by molar-refractivity contribution is -0.127.